The first-order chi connectivity index (χ1) is 8.59. The molecule has 0 radical (unpaired) electrons. The van der Waals surface area contributed by atoms with Gasteiger partial charge in [0.1, 0.15) is 9.84 Å². The summed E-state index contributed by atoms with van der Waals surface area (Å²) in [4.78, 5) is 2.47. The number of sulfone groups is 1. The van der Waals surface area contributed by atoms with Crippen LogP contribution in [-0.2, 0) is 9.84 Å². The lowest BCUT2D eigenvalue weighted by atomic mass is 9.94. The van der Waals surface area contributed by atoms with Crippen molar-refractivity contribution in [3.63, 3.8) is 0 Å². The van der Waals surface area contributed by atoms with Gasteiger partial charge in [-0.05, 0) is 39.2 Å². The Kier molecular flexibility index (Phi) is 5.83. The maximum atomic E-state index is 11.2. The molecule has 0 aliphatic carbocycles. The molecular formula is C14H30N2O2S. The van der Waals surface area contributed by atoms with Crippen LogP contribution in [-0.4, -0.2) is 56.5 Å². The maximum Gasteiger partial charge on any atom is 0.147 e. The molecular weight excluding hydrogens is 260 g/mol. The highest BCUT2D eigenvalue weighted by Crippen LogP contribution is 2.20. The largest absolute Gasteiger partial charge is 0.309 e. The van der Waals surface area contributed by atoms with Crippen molar-refractivity contribution in [3.05, 3.63) is 0 Å². The molecule has 1 fully saturated rings. The number of hydrogen-bond acceptors (Lipinski definition) is 4. The van der Waals surface area contributed by atoms with Gasteiger partial charge in [0, 0.05) is 30.9 Å². The van der Waals surface area contributed by atoms with Crippen LogP contribution >= 0.6 is 0 Å². The number of nitrogens with one attached hydrogen (secondary N) is 1. The van der Waals surface area contributed by atoms with E-state index in [-0.39, 0.29) is 5.54 Å². The normalized spacial score (nSPS) is 24.8. The van der Waals surface area contributed by atoms with Crippen molar-refractivity contribution >= 4 is 9.84 Å². The number of rotatable bonds is 6. The van der Waals surface area contributed by atoms with E-state index >= 15 is 0 Å². The Labute approximate surface area is 118 Å². The van der Waals surface area contributed by atoms with Crippen molar-refractivity contribution in [2.75, 3.05) is 31.6 Å². The van der Waals surface area contributed by atoms with E-state index < -0.39 is 9.84 Å². The van der Waals surface area contributed by atoms with E-state index in [2.05, 4.69) is 37.9 Å². The van der Waals surface area contributed by atoms with Gasteiger partial charge in [0.05, 0.1) is 5.75 Å². The van der Waals surface area contributed by atoms with Gasteiger partial charge in [-0.15, -0.1) is 0 Å². The molecule has 114 valence electrons. The zero-order valence-electron chi connectivity index (χ0n) is 13.1. The van der Waals surface area contributed by atoms with E-state index in [1.807, 2.05) is 0 Å². The zero-order valence-corrected chi connectivity index (χ0v) is 13.9. The van der Waals surface area contributed by atoms with Crippen LogP contribution in [0.5, 0.6) is 0 Å². The third kappa shape index (κ3) is 6.72. The number of hydrogen-bond donors (Lipinski definition) is 1. The van der Waals surface area contributed by atoms with Crippen molar-refractivity contribution in [1.82, 2.24) is 10.2 Å². The van der Waals surface area contributed by atoms with Crippen molar-refractivity contribution in [3.8, 4) is 0 Å². The fraction of sp³-hybridized carbons (Fsp3) is 1.00. The Bertz CT molecular complexity index is 377. The van der Waals surface area contributed by atoms with Gasteiger partial charge < -0.3 is 5.32 Å². The molecule has 0 bridgehead atoms. The number of nitrogens with zero attached hydrogens (tertiary/aromatic N) is 1. The van der Waals surface area contributed by atoms with Crippen LogP contribution in [0.2, 0.25) is 0 Å². The summed E-state index contributed by atoms with van der Waals surface area (Å²) < 4.78 is 22.5. The van der Waals surface area contributed by atoms with Crippen LogP contribution in [0.1, 0.15) is 40.5 Å². The van der Waals surface area contributed by atoms with Crippen LogP contribution in [0.4, 0.5) is 0 Å². The maximum absolute atomic E-state index is 11.2. The lowest BCUT2D eigenvalue weighted by Gasteiger charge is -2.45. The Hall–Kier alpha value is -0.130. The fourth-order valence-corrected chi connectivity index (χ4v) is 3.44. The van der Waals surface area contributed by atoms with E-state index in [0.717, 1.165) is 26.1 Å². The zero-order chi connectivity index (χ0) is 14.7. The second-order valence-corrected chi connectivity index (χ2v) is 9.26. The van der Waals surface area contributed by atoms with Crippen molar-refractivity contribution in [1.29, 1.82) is 0 Å². The average molecular weight is 290 g/mol. The van der Waals surface area contributed by atoms with Crippen LogP contribution < -0.4 is 5.32 Å². The highest BCUT2D eigenvalue weighted by Gasteiger charge is 2.32. The van der Waals surface area contributed by atoms with Gasteiger partial charge >= 0.3 is 0 Å². The first kappa shape index (κ1) is 16.9. The quantitative estimate of drug-likeness (QED) is 0.806. The van der Waals surface area contributed by atoms with Crippen LogP contribution in [0.3, 0.4) is 0 Å². The highest BCUT2D eigenvalue weighted by molar-refractivity contribution is 7.90. The average Bonchev–Trinajstić information content (AvgIpc) is 2.19. The predicted octanol–water partition coefficient (Wildman–Crippen LogP) is 1.52. The van der Waals surface area contributed by atoms with Crippen molar-refractivity contribution in [2.24, 2.45) is 5.92 Å². The van der Waals surface area contributed by atoms with Gasteiger partial charge in [0.25, 0.3) is 0 Å². The van der Waals surface area contributed by atoms with Crippen LogP contribution in [0.25, 0.3) is 0 Å². The van der Waals surface area contributed by atoms with E-state index in [9.17, 15) is 8.42 Å². The summed E-state index contributed by atoms with van der Waals surface area (Å²) in [5, 5.41) is 3.59. The van der Waals surface area contributed by atoms with Gasteiger partial charge in [0.2, 0.25) is 0 Å². The smallest absolute Gasteiger partial charge is 0.147 e. The molecule has 1 N–H and O–H groups in total. The molecule has 1 rings (SSSR count). The Balaban J connectivity index is 2.56. The van der Waals surface area contributed by atoms with E-state index in [0.29, 0.717) is 17.7 Å². The standard InChI is InChI=1S/C14H30N2O2S/c1-12(2)9-13-10-15-14(3,4)11-16(13)7-6-8-19(5,17)18/h12-13,15H,6-11H2,1-5H3. The first-order valence-electron chi connectivity index (χ1n) is 7.26. The molecule has 4 nitrogen and oxygen atoms in total. The molecule has 1 aliphatic rings. The van der Waals surface area contributed by atoms with Gasteiger partial charge in [-0.3, -0.25) is 4.90 Å². The van der Waals surface area contributed by atoms with Gasteiger partial charge in [-0.25, -0.2) is 8.42 Å². The van der Waals surface area contributed by atoms with E-state index in [4.69, 9.17) is 0 Å². The molecule has 0 aromatic heterocycles. The third-order valence-electron chi connectivity index (χ3n) is 3.63. The van der Waals surface area contributed by atoms with E-state index in [1.165, 1.54) is 12.7 Å². The van der Waals surface area contributed by atoms with Gasteiger partial charge in [0.15, 0.2) is 0 Å². The Morgan fingerprint density at radius 1 is 1.37 bits per heavy atom. The Morgan fingerprint density at radius 2 is 2.00 bits per heavy atom. The molecule has 1 heterocycles. The lowest BCUT2D eigenvalue weighted by Crippen LogP contribution is -2.61. The van der Waals surface area contributed by atoms with Crippen LogP contribution in [0.15, 0.2) is 0 Å². The second kappa shape index (κ2) is 6.55. The fourth-order valence-electron chi connectivity index (χ4n) is 2.78. The molecule has 1 saturated heterocycles. The first-order valence-corrected chi connectivity index (χ1v) is 9.32. The number of piperazine rings is 1. The molecule has 0 aromatic carbocycles. The van der Waals surface area contributed by atoms with Gasteiger partial charge in [-0.2, -0.15) is 0 Å². The molecule has 5 heteroatoms. The SMILES string of the molecule is CC(C)CC1CNC(C)(C)CN1CCCS(C)(=O)=O. The predicted molar refractivity (Wildman–Crippen MR) is 81.2 cm³/mol. The second-order valence-electron chi connectivity index (χ2n) is 7.00. The summed E-state index contributed by atoms with van der Waals surface area (Å²) in [7, 11) is -2.84. The minimum absolute atomic E-state index is 0.124. The molecule has 0 saturated carbocycles. The minimum Gasteiger partial charge on any atom is -0.309 e. The molecule has 1 unspecified atom stereocenters. The van der Waals surface area contributed by atoms with Crippen molar-refractivity contribution in [2.45, 2.75) is 52.1 Å². The van der Waals surface area contributed by atoms with E-state index in [1.54, 1.807) is 0 Å². The third-order valence-corrected chi connectivity index (χ3v) is 4.67. The molecule has 19 heavy (non-hydrogen) atoms. The van der Waals surface area contributed by atoms with Crippen molar-refractivity contribution < 1.29 is 8.42 Å². The van der Waals surface area contributed by atoms with Gasteiger partial charge in [-0.1, -0.05) is 13.8 Å². The summed E-state index contributed by atoms with van der Waals surface area (Å²) in [6.07, 6.45) is 3.23. The van der Waals surface area contributed by atoms with Crippen LogP contribution in [0, 0.1) is 5.92 Å². The summed E-state index contributed by atoms with van der Waals surface area (Å²) in [6, 6.07) is 0.535. The molecule has 0 spiro atoms. The Morgan fingerprint density at radius 3 is 2.53 bits per heavy atom. The summed E-state index contributed by atoms with van der Waals surface area (Å²) in [6.45, 7) is 11.8. The summed E-state index contributed by atoms with van der Waals surface area (Å²) >= 11 is 0. The molecule has 0 amide bonds. The topological polar surface area (TPSA) is 49.4 Å². The minimum atomic E-state index is -2.84. The molecule has 1 atom stereocenters. The summed E-state index contributed by atoms with van der Waals surface area (Å²) in [5.74, 6) is 0.969. The lowest BCUT2D eigenvalue weighted by molar-refractivity contribution is 0.0831. The monoisotopic (exact) mass is 290 g/mol. The molecule has 1 aliphatic heterocycles. The summed E-state index contributed by atoms with van der Waals surface area (Å²) in [5.41, 5.74) is 0.124. The molecule has 0 aromatic rings. The highest BCUT2D eigenvalue weighted by atomic mass is 32.2.